The van der Waals surface area contributed by atoms with Gasteiger partial charge >= 0.3 is 0 Å². The van der Waals surface area contributed by atoms with Crippen molar-refractivity contribution in [2.24, 2.45) is 0 Å². The second-order valence-electron chi connectivity index (χ2n) is 6.73. The zero-order chi connectivity index (χ0) is 20.8. The van der Waals surface area contributed by atoms with Crippen LogP contribution in [0.25, 0.3) is 0 Å². The fraction of sp³-hybridized carbons (Fsp3) is 0.167. The molecule has 0 atom stereocenters. The number of Topliss-reactive ketones (excluding diaryl/α,β-unsaturated/α-hetero) is 2. The number of phenolic OH excluding ortho intramolecular Hbond substituents is 2. The Morgan fingerprint density at radius 1 is 0.759 bits per heavy atom. The number of methoxy groups -OCH3 is 1. The van der Waals surface area contributed by atoms with Crippen molar-refractivity contribution in [1.82, 2.24) is 0 Å². The minimum atomic E-state index is -0.481. The van der Waals surface area contributed by atoms with Gasteiger partial charge in [-0.05, 0) is 35.9 Å². The molecule has 0 aliphatic heterocycles. The highest BCUT2D eigenvalue weighted by atomic mass is 16.5. The van der Waals surface area contributed by atoms with E-state index < -0.39 is 5.92 Å². The predicted molar refractivity (Wildman–Crippen MR) is 110 cm³/mol. The van der Waals surface area contributed by atoms with Crippen LogP contribution in [0.15, 0.2) is 72.8 Å². The number of para-hydroxylation sites is 3. The molecule has 0 aromatic heterocycles. The maximum absolute atomic E-state index is 12.9. The molecule has 0 saturated carbocycles. The molecule has 0 amide bonds. The molecule has 0 aliphatic carbocycles. The van der Waals surface area contributed by atoms with Gasteiger partial charge in [0.1, 0.15) is 17.2 Å². The summed E-state index contributed by atoms with van der Waals surface area (Å²) in [6.07, 6.45) is 0.0224. The van der Waals surface area contributed by atoms with Crippen molar-refractivity contribution in [2.45, 2.75) is 18.8 Å². The van der Waals surface area contributed by atoms with Crippen molar-refractivity contribution in [3.05, 3.63) is 89.5 Å². The predicted octanol–water partition coefficient (Wildman–Crippen LogP) is 4.74. The van der Waals surface area contributed by atoms with Gasteiger partial charge in [-0.3, -0.25) is 9.59 Å². The van der Waals surface area contributed by atoms with E-state index in [0.717, 1.165) is 5.56 Å². The number of rotatable bonds is 8. The minimum Gasteiger partial charge on any atom is -0.507 e. The van der Waals surface area contributed by atoms with E-state index in [9.17, 15) is 19.8 Å². The first-order valence-corrected chi connectivity index (χ1v) is 9.26. The molecular weight excluding hydrogens is 368 g/mol. The Hall–Kier alpha value is -3.60. The van der Waals surface area contributed by atoms with E-state index in [4.69, 9.17) is 4.74 Å². The number of benzene rings is 3. The Kier molecular flexibility index (Phi) is 6.29. The Labute approximate surface area is 169 Å². The van der Waals surface area contributed by atoms with Crippen molar-refractivity contribution in [3.63, 3.8) is 0 Å². The number of carbonyl (C=O) groups is 2. The summed E-state index contributed by atoms with van der Waals surface area (Å²) < 4.78 is 5.43. The molecule has 0 bridgehead atoms. The van der Waals surface area contributed by atoms with Gasteiger partial charge in [0.25, 0.3) is 0 Å². The lowest BCUT2D eigenvalue weighted by Crippen LogP contribution is -2.14. The first kappa shape index (κ1) is 20.1. The molecule has 0 spiro atoms. The molecule has 5 nitrogen and oxygen atoms in total. The quantitative estimate of drug-likeness (QED) is 0.543. The van der Waals surface area contributed by atoms with Crippen LogP contribution in [0.4, 0.5) is 0 Å². The van der Waals surface area contributed by atoms with Crippen molar-refractivity contribution >= 4 is 11.6 Å². The zero-order valence-electron chi connectivity index (χ0n) is 16.0. The number of carbonyl (C=O) groups excluding carboxylic acids is 2. The van der Waals surface area contributed by atoms with Gasteiger partial charge < -0.3 is 14.9 Å². The molecule has 3 rings (SSSR count). The molecule has 2 N–H and O–H groups in total. The monoisotopic (exact) mass is 390 g/mol. The van der Waals surface area contributed by atoms with Crippen LogP contribution in [0.5, 0.6) is 17.2 Å². The lowest BCUT2D eigenvalue weighted by atomic mass is 9.85. The number of ether oxygens (including phenoxy) is 1. The van der Waals surface area contributed by atoms with Crippen molar-refractivity contribution in [3.8, 4) is 17.2 Å². The summed E-state index contributed by atoms with van der Waals surface area (Å²) in [4.78, 5) is 25.7. The Balaban J connectivity index is 1.94. The van der Waals surface area contributed by atoms with Crippen LogP contribution in [0.3, 0.4) is 0 Å². The van der Waals surface area contributed by atoms with Crippen LogP contribution >= 0.6 is 0 Å². The highest BCUT2D eigenvalue weighted by molar-refractivity contribution is 6.01. The molecule has 0 saturated heterocycles. The van der Waals surface area contributed by atoms with Crippen LogP contribution in [0.1, 0.15) is 45.0 Å². The summed E-state index contributed by atoms with van der Waals surface area (Å²) >= 11 is 0. The number of phenols is 2. The Morgan fingerprint density at radius 2 is 1.21 bits per heavy atom. The van der Waals surface area contributed by atoms with Crippen LogP contribution < -0.4 is 4.74 Å². The summed E-state index contributed by atoms with van der Waals surface area (Å²) in [5, 5.41) is 20.0. The summed E-state index contributed by atoms with van der Waals surface area (Å²) in [5.74, 6) is -0.641. The van der Waals surface area contributed by atoms with Crippen LogP contribution in [-0.4, -0.2) is 28.9 Å². The van der Waals surface area contributed by atoms with E-state index in [0.29, 0.717) is 5.75 Å². The third kappa shape index (κ3) is 4.63. The van der Waals surface area contributed by atoms with Crippen LogP contribution in [0, 0.1) is 0 Å². The van der Waals surface area contributed by atoms with E-state index in [1.807, 2.05) is 18.2 Å². The number of hydrogen-bond donors (Lipinski definition) is 2. The average molecular weight is 390 g/mol. The summed E-state index contributed by atoms with van der Waals surface area (Å²) in [6.45, 7) is 0. The summed E-state index contributed by atoms with van der Waals surface area (Å²) in [5.41, 5.74) is 1.15. The zero-order valence-corrected chi connectivity index (χ0v) is 16.0. The van der Waals surface area contributed by atoms with Gasteiger partial charge in [-0.25, -0.2) is 0 Å². The van der Waals surface area contributed by atoms with E-state index in [1.165, 1.54) is 19.2 Å². The maximum Gasteiger partial charge on any atom is 0.167 e. The van der Waals surface area contributed by atoms with Gasteiger partial charge in [-0.2, -0.15) is 0 Å². The molecule has 0 fully saturated rings. The molecule has 29 heavy (non-hydrogen) atoms. The molecule has 3 aromatic rings. The number of hydrogen-bond acceptors (Lipinski definition) is 5. The topological polar surface area (TPSA) is 83.8 Å². The third-order valence-corrected chi connectivity index (χ3v) is 4.85. The normalized spacial score (nSPS) is 10.7. The molecule has 0 unspecified atom stereocenters. The Bertz CT molecular complexity index is 966. The van der Waals surface area contributed by atoms with Crippen LogP contribution in [0.2, 0.25) is 0 Å². The molecular formula is C24H22O5. The lowest BCUT2D eigenvalue weighted by molar-refractivity contribution is 0.0942. The van der Waals surface area contributed by atoms with E-state index in [2.05, 4.69) is 0 Å². The standard InChI is InChI=1S/C24H22O5/c1-29-24-13-7-4-8-17(24)16(14-22(27)18-9-2-5-11-20(18)25)15-23(28)19-10-3-6-12-21(19)26/h2-13,16,25-26H,14-15H2,1H3. The van der Waals surface area contributed by atoms with E-state index in [-0.39, 0.29) is 47.0 Å². The average Bonchev–Trinajstić information content (AvgIpc) is 2.73. The first-order chi connectivity index (χ1) is 14.0. The molecule has 0 aliphatic rings. The third-order valence-electron chi connectivity index (χ3n) is 4.85. The van der Waals surface area contributed by atoms with Gasteiger partial charge in [-0.1, -0.05) is 42.5 Å². The smallest absolute Gasteiger partial charge is 0.167 e. The molecule has 3 aromatic carbocycles. The molecule has 148 valence electrons. The largest absolute Gasteiger partial charge is 0.507 e. The van der Waals surface area contributed by atoms with Crippen LogP contribution in [-0.2, 0) is 0 Å². The Morgan fingerprint density at radius 3 is 1.69 bits per heavy atom. The van der Waals surface area contributed by atoms with E-state index in [1.54, 1.807) is 42.5 Å². The highest BCUT2D eigenvalue weighted by Gasteiger charge is 2.25. The van der Waals surface area contributed by atoms with E-state index >= 15 is 0 Å². The molecule has 0 radical (unpaired) electrons. The second-order valence-corrected chi connectivity index (χ2v) is 6.73. The second kappa shape index (κ2) is 9.06. The van der Waals surface area contributed by atoms with Gasteiger partial charge in [0.2, 0.25) is 0 Å². The lowest BCUT2D eigenvalue weighted by Gasteiger charge is -2.19. The van der Waals surface area contributed by atoms with Crippen molar-refractivity contribution in [1.29, 1.82) is 0 Å². The van der Waals surface area contributed by atoms with Gasteiger partial charge in [-0.15, -0.1) is 0 Å². The SMILES string of the molecule is COc1ccccc1C(CC(=O)c1ccccc1O)CC(=O)c1ccccc1O. The number of aromatic hydroxyl groups is 2. The highest BCUT2D eigenvalue weighted by Crippen LogP contribution is 2.35. The fourth-order valence-corrected chi connectivity index (χ4v) is 3.38. The van der Waals surface area contributed by atoms with Gasteiger partial charge in [0, 0.05) is 18.8 Å². The first-order valence-electron chi connectivity index (χ1n) is 9.26. The molecule has 0 heterocycles. The molecule has 5 heteroatoms. The fourth-order valence-electron chi connectivity index (χ4n) is 3.38. The summed E-state index contributed by atoms with van der Waals surface area (Å²) in [7, 11) is 1.53. The summed E-state index contributed by atoms with van der Waals surface area (Å²) in [6, 6.07) is 19.9. The maximum atomic E-state index is 12.9. The van der Waals surface area contributed by atoms with Gasteiger partial charge in [0.05, 0.1) is 18.2 Å². The minimum absolute atomic E-state index is 0.0112. The van der Waals surface area contributed by atoms with Crippen molar-refractivity contribution < 1.29 is 24.5 Å². The number of ketones is 2. The van der Waals surface area contributed by atoms with Gasteiger partial charge in [0.15, 0.2) is 11.6 Å². The van der Waals surface area contributed by atoms with Crippen molar-refractivity contribution in [2.75, 3.05) is 7.11 Å².